The standard InChI is InChI=1S/C11H8BrN3O2/c12-9-5-14-6-15-11(9)17-8-3-1-2-7(4-8)10(13)16/h1-6H,(H2,13,16). The number of nitrogens with zero attached hydrogens (tertiary/aromatic N) is 2. The topological polar surface area (TPSA) is 78.1 Å². The van der Waals surface area contributed by atoms with Crippen LogP contribution in [0.4, 0.5) is 0 Å². The van der Waals surface area contributed by atoms with E-state index in [4.69, 9.17) is 10.5 Å². The number of rotatable bonds is 3. The van der Waals surface area contributed by atoms with Gasteiger partial charge < -0.3 is 10.5 Å². The number of carbonyl (C=O) groups excluding carboxylic acids is 1. The predicted molar refractivity (Wildman–Crippen MR) is 64.8 cm³/mol. The molecule has 1 amide bonds. The highest BCUT2D eigenvalue weighted by Crippen LogP contribution is 2.26. The van der Waals surface area contributed by atoms with Crippen LogP contribution in [0.5, 0.6) is 11.6 Å². The van der Waals surface area contributed by atoms with Gasteiger partial charge in [-0.3, -0.25) is 4.79 Å². The van der Waals surface area contributed by atoms with E-state index in [1.165, 1.54) is 6.33 Å². The van der Waals surface area contributed by atoms with Crippen molar-refractivity contribution in [2.75, 3.05) is 0 Å². The summed E-state index contributed by atoms with van der Waals surface area (Å²) in [4.78, 5) is 18.8. The molecular weight excluding hydrogens is 286 g/mol. The van der Waals surface area contributed by atoms with Crippen molar-refractivity contribution < 1.29 is 9.53 Å². The molecule has 2 rings (SSSR count). The second kappa shape index (κ2) is 4.92. The number of primary amides is 1. The smallest absolute Gasteiger partial charge is 0.248 e. The molecule has 0 saturated heterocycles. The second-order valence-corrected chi connectivity index (χ2v) is 4.02. The number of halogens is 1. The maximum Gasteiger partial charge on any atom is 0.248 e. The van der Waals surface area contributed by atoms with Crippen LogP contribution in [0.3, 0.4) is 0 Å². The summed E-state index contributed by atoms with van der Waals surface area (Å²) in [5.41, 5.74) is 5.56. The number of amides is 1. The van der Waals surface area contributed by atoms with Crippen LogP contribution < -0.4 is 10.5 Å². The molecule has 1 heterocycles. The zero-order valence-electron chi connectivity index (χ0n) is 8.63. The minimum Gasteiger partial charge on any atom is -0.438 e. The third-order valence-electron chi connectivity index (χ3n) is 1.97. The molecule has 5 nitrogen and oxygen atoms in total. The Balaban J connectivity index is 2.28. The van der Waals surface area contributed by atoms with Crippen LogP contribution in [0.15, 0.2) is 41.3 Å². The molecule has 0 saturated carbocycles. The lowest BCUT2D eigenvalue weighted by Gasteiger charge is -2.06. The largest absolute Gasteiger partial charge is 0.438 e. The first-order valence-electron chi connectivity index (χ1n) is 4.70. The second-order valence-electron chi connectivity index (χ2n) is 3.17. The van der Waals surface area contributed by atoms with Crippen molar-refractivity contribution >= 4 is 21.8 Å². The summed E-state index contributed by atoms with van der Waals surface area (Å²) < 4.78 is 6.12. The van der Waals surface area contributed by atoms with Crippen molar-refractivity contribution in [3.8, 4) is 11.6 Å². The van der Waals surface area contributed by atoms with Gasteiger partial charge in [0.1, 0.15) is 12.1 Å². The van der Waals surface area contributed by atoms with Crippen LogP contribution in [0.25, 0.3) is 0 Å². The molecule has 0 aliphatic carbocycles. The molecular formula is C11H8BrN3O2. The zero-order valence-corrected chi connectivity index (χ0v) is 10.2. The van der Waals surface area contributed by atoms with Crippen molar-refractivity contribution in [3.05, 3.63) is 46.8 Å². The third kappa shape index (κ3) is 2.79. The summed E-state index contributed by atoms with van der Waals surface area (Å²) in [7, 11) is 0. The van der Waals surface area contributed by atoms with Crippen LogP contribution in [0, 0.1) is 0 Å². The Hall–Kier alpha value is -1.95. The fourth-order valence-electron chi connectivity index (χ4n) is 1.20. The molecule has 0 spiro atoms. The quantitative estimate of drug-likeness (QED) is 0.940. The lowest BCUT2D eigenvalue weighted by molar-refractivity contribution is 0.1000. The van der Waals surface area contributed by atoms with Crippen LogP contribution >= 0.6 is 15.9 Å². The first-order valence-corrected chi connectivity index (χ1v) is 5.49. The summed E-state index contributed by atoms with van der Waals surface area (Å²) in [5, 5.41) is 0. The number of carbonyl (C=O) groups is 1. The molecule has 86 valence electrons. The van der Waals surface area contributed by atoms with E-state index in [0.29, 0.717) is 21.7 Å². The van der Waals surface area contributed by atoms with Crippen LogP contribution in [0.1, 0.15) is 10.4 Å². The van der Waals surface area contributed by atoms with Crippen molar-refractivity contribution in [3.63, 3.8) is 0 Å². The van der Waals surface area contributed by atoms with E-state index in [1.54, 1.807) is 30.5 Å². The molecule has 0 atom stereocenters. The minimum absolute atomic E-state index is 0.377. The molecule has 17 heavy (non-hydrogen) atoms. The molecule has 1 aromatic heterocycles. The molecule has 0 aliphatic heterocycles. The Morgan fingerprint density at radius 1 is 1.41 bits per heavy atom. The van der Waals surface area contributed by atoms with Gasteiger partial charge in [-0.05, 0) is 34.1 Å². The van der Waals surface area contributed by atoms with Crippen LogP contribution in [-0.2, 0) is 0 Å². The predicted octanol–water partition coefficient (Wildman–Crippen LogP) is 2.13. The molecule has 2 N–H and O–H groups in total. The third-order valence-corrected chi connectivity index (χ3v) is 2.51. The van der Waals surface area contributed by atoms with Crippen LogP contribution in [0.2, 0.25) is 0 Å². The van der Waals surface area contributed by atoms with Gasteiger partial charge in [0.25, 0.3) is 0 Å². The maximum atomic E-state index is 11.0. The normalized spacial score (nSPS) is 9.94. The van der Waals surface area contributed by atoms with E-state index in [1.807, 2.05) is 0 Å². The van der Waals surface area contributed by atoms with Crippen molar-refractivity contribution in [2.45, 2.75) is 0 Å². The fraction of sp³-hybridized carbons (Fsp3) is 0. The van der Waals surface area contributed by atoms with E-state index in [0.717, 1.165) is 0 Å². The number of hydrogen-bond donors (Lipinski definition) is 1. The maximum absolute atomic E-state index is 11.0. The van der Waals surface area contributed by atoms with Gasteiger partial charge in [0.2, 0.25) is 11.8 Å². The molecule has 0 bridgehead atoms. The van der Waals surface area contributed by atoms with Crippen LogP contribution in [-0.4, -0.2) is 15.9 Å². The number of aromatic nitrogens is 2. The molecule has 0 aliphatic rings. The molecule has 6 heteroatoms. The van der Waals surface area contributed by atoms with Gasteiger partial charge in [0.05, 0.1) is 4.47 Å². The van der Waals surface area contributed by atoms with Gasteiger partial charge in [-0.1, -0.05) is 6.07 Å². The van der Waals surface area contributed by atoms with Gasteiger partial charge in [-0.25, -0.2) is 9.97 Å². The van der Waals surface area contributed by atoms with Gasteiger partial charge in [-0.2, -0.15) is 0 Å². The molecule has 0 radical (unpaired) electrons. The van der Waals surface area contributed by atoms with E-state index in [2.05, 4.69) is 25.9 Å². The van der Waals surface area contributed by atoms with Crippen molar-refractivity contribution in [2.24, 2.45) is 5.73 Å². The van der Waals surface area contributed by atoms with E-state index in [9.17, 15) is 4.79 Å². The van der Waals surface area contributed by atoms with Gasteiger partial charge >= 0.3 is 0 Å². The summed E-state index contributed by atoms with van der Waals surface area (Å²) in [6.45, 7) is 0. The zero-order chi connectivity index (χ0) is 12.3. The van der Waals surface area contributed by atoms with Gasteiger partial charge in [0, 0.05) is 11.8 Å². The Bertz CT molecular complexity index is 560. The number of nitrogens with two attached hydrogens (primary N) is 1. The van der Waals surface area contributed by atoms with E-state index >= 15 is 0 Å². The fourth-order valence-corrected chi connectivity index (χ4v) is 1.50. The molecule has 0 unspecified atom stereocenters. The average molecular weight is 294 g/mol. The Kier molecular flexibility index (Phi) is 3.34. The highest BCUT2D eigenvalue weighted by molar-refractivity contribution is 9.10. The van der Waals surface area contributed by atoms with Gasteiger partial charge in [-0.15, -0.1) is 0 Å². The summed E-state index contributed by atoms with van der Waals surface area (Å²) >= 11 is 3.26. The highest BCUT2D eigenvalue weighted by Gasteiger charge is 2.06. The van der Waals surface area contributed by atoms with E-state index < -0.39 is 5.91 Å². The SMILES string of the molecule is NC(=O)c1cccc(Oc2ncncc2Br)c1. The summed E-state index contributed by atoms with van der Waals surface area (Å²) in [6, 6.07) is 6.56. The Labute approximate surface area is 106 Å². The number of benzene rings is 1. The van der Waals surface area contributed by atoms with Crippen molar-refractivity contribution in [1.29, 1.82) is 0 Å². The van der Waals surface area contributed by atoms with Crippen molar-refractivity contribution in [1.82, 2.24) is 9.97 Å². The van der Waals surface area contributed by atoms with E-state index in [-0.39, 0.29) is 0 Å². The first kappa shape index (κ1) is 11.5. The summed E-state index contributed by atoms with van der Waals surface area (Å²) in [6.07, 6.45) is 2.94. The average Bonchev–Trinajstić information content (AvgIpc) is 2.32. The first-order chi connectivity index (χ1) is 8.16. The Morgan fingerprint density at radius 3 is 2.94 bits per heavy atom. The molecule has 2 aromatic rings. The van der Waals surface area contributed by atoms with Gasteiger partial charge in [0.15, 0.2) is 0 Å². The lowest BCUT2D eigenvalue weighted by atomic mass is 10.2. The monoisotopic (exact) mass is 293 g/mol. The number of ether oxygens (including phenoxy) is 1. The summed E-state index contributed by atoms with van der Waals surface area (Å²) in [5.74, 6) is 0.361. The highest BCUT2D eigenvalue weighted by atomic mass is 79.9. The lowest BCUT2D eigenvalue weighted by Crippen LogP contribution is -2.10. The minimum atomic E-state index is -0.503. The molecule has 1 aromatic carbocycles. The molecule has 0 fully saturated rings. The number of hydrogen-bond acceptors (Lipinski definition) is 4. The Morgan fingerprint density at radius 2 is 2.24 bits per heavy atom.